The van der Waals surface area contributed by atoms with Gasteiger partial charge in [0.2, 0.25) is 0 Å². The number of nitrogen functional groups attached to an aromatic ring is 1. The molecule has 3 aromatic rings. The largest absolute Gasteiger partial charge is 0.383 e. The Morgan fingerprint density at radius 2 is 1.95 bits per heavy atom. The number of thioether (sulfide) groups is 1. The molecule has 96 valence electrons. The summed E-state index contributed by atoms with van der Waals surface area (Å²) in [5.74, 6) is 2.10. The van der Waals surface area contributed by atoms with Crippen LogP contribution in [-0.4, -0.2) is 9.97 Å². The van der Waals surface area contributed by atoms with Gasteiger partial charge in [-0.1, -0.05) is 17.7 Å². The van der Waals surface area contributed by atoms with E-state index < -0.39 is 0 Å². The summed E-state index contributed by atoms with van der Waals surface area (Å²) in [5.41, 5.74) is 7.20. The Labute approximate surface area is 119 Å². The van der Waals surface area contributed by atoms with Crippen LogP contribution < -0.4 is 5.73 Å². The second kappa shape index (κ2) is 5.19. The topological polar surface area (TPSA) is 51.8 Å². The molecule has 2 heterocycles. The molecule has 2 aromatic heterocycles. The number of fused-ring (bicyclic) bond motifs is 1. The van der Waals surface area contributed by atoms with Crippen molar-refractivity contribution in [3.05, 3.63) is 47.1 Å². The van der Waals surface area contributed by atoms with Crippen molar-refractivity contribution in [2.45, 2.75) is 17.6 Å². The van der Waals surface area contributed by atoms with Gasteiger partial charge in [0.05, 0.1) is 11.1 Å². The molecule has 0 radical (unpaired) electrons. The van der Waals surface area contributed by atoms with Crippen molar-refractivity contribution in [1.82, 2.24) is 9.97 Å². The molecule has 3 rings (SSSR count). The van der Waals surface area contributed by atoms with Gasteiger partial charge in [0.1, 0.15) is 16.5 Å². The second-order valence-corrected chi connectivity index (χ2v) is 6.21. The fourth-order valence-corrected chi connectivity index (χ4v) is 3.32. The maximum atomic E-state index is 5.94. The van der Waals surface area contributed by atoms with E-state index in [9.17, 15) is 0 Å². The summed E-state index contributed by atoms with van der Waals surface area (Å²) >= 11 is 3.33. The predicted octanol–water partition coefficient (Wildman–Crippen LogP) is 3.87. The molecule has 0 atom stereocenters. The number of nitrogens with two attached hydrogens (primary N) is 1. The molecular weight excluding hydrogens is 274 g/mol. The van der Waals surface area contributed by atoms with E-state index in [0.717, 1.165) is 21.8 Å². The van der Waals surface area contributed by atoms with Crippen molar-refractivity contribution >= 4 is 39.1 Å². The van der Waals surface area contributed by atoms with Crippen LogP contribution in [0.15, 0.2) is 40.6 Å². The molecule has 0 aliphatic carbocycles. The van der Waals surface area contributed by atoms with Crippen LogP contribution in [0.4, 0.5) is 5.82 Å². The highest BCUT2D eigenvalue weighted by Crippen LogP contribution is 2.26. The molecule has 0 aliphatic rings. The summed E-state index contributed by atoms with van der Waals surface area (Å²) in [5, 5.41) is 2.95. The molecule has 0 spiro atoms. The number of rotatable bonds is 3. The van der Waals surface area contributed by atoms with Gasteiger partial charge in [0, 0.05) is 4.90 Å². The van der Waals surface area contributed by atoms with Crippen LogP contribution >= 0.6 is 23.1 Å². The summed E-state index contributed by atoms with van der Waals surface area (Å²) in [6.45, 7) is 2.09. The Morgan fingerprint density at radius 3 is 2.74 bits per heavy atom. The summed E-state index contributed by atoms with van der Waals surface area (Å²) in [6.07, 6.45) is 0. The molecule has 0 saturated heterocycles. The Balaban J connectivity index is 1.79. The fourth-order valence-electron chi connectivity index (χ4n) is 1.77. The Hall–Kier alpha value is -1.59. The van der Waals surface area contributed by atoms with Gasteiger partial charge >= 0.3 is 0 Å². The van der Waals surface area contributed by atoms with Gasteiger partial charge in [-0.2, -0.15) is 0 Å². The Kier molecular flexibility index (Phi) is 3.40. The molecule has 19 heavy (non-hydrogen) atoms. The lowest BCUT2D eigenvalue weighted by atomic mass is 10.2. The quantitative estimate of drug-likeness (QED) is 0.743. The number of anilines is 1. The van der Waals surface area contributed by atoms with E-state index in [4.69, 9.17) is 5.73 Å². The average Bonchev–Trinajstić information content (AvgIpc) is 2.87. The van der Waals surface area contributed by atoms with Gasteiger partial charge in [-0.25, -0.2) is 9.97 Å². The first-order valence-electron chi connectivity index (χ1n) is 5.91. The number of benzene rings is 1. The van der Waals surface area contributed by atoms with Crippen molar-refractivity contribution in [3.63, 3.8) is 0 Å². The third kappa shape index (κ3) is 2.72. The molecule has 0 fully saturated rings. The van der Waals surface area contributed by atoms with Crippen LogP contribution in [-0.2, 0) is 5.75 Å². The molecule has 5 heteroatoms. The second-order valence-electron chi connectivity index (χ2n) is 4.27. The SMILES string of the molecule is Cc1ccc(SCc2nc(N)c3ccsc3n2)cc1. The normalized spacial score (nSPS) is 11.0. The summed E-state index contributed by atoms with van der Waals surface area (Å²) in [4.78, 5) is 11.1. The van der Waals surface area contributed by atoms with E-state index in [2.05, 4.69) is 41.2 Å². The van der Waals surface area contributed by atoms with Crippen LogP contribution in [0.2, 0.25) is 0 Å². The lowest BCUT2D eigenvalue weighted by Crippen LogP contribution is -1.98. The van der Waals surface area contributed by atoms with Crippen LogP contribution in [0.1, 0.15) is 11.4 Å². The molecule has 3 nitrogen and oxygen atoms in total. The summed E-state index contributed by atoms with van der Waals surface area (Å²) in [7, 11) is 0. The Bertz CT molecular complexity index is 704. The van der Waals surface area contributed by atoms with Crippen molar-refractivity contribution in [1.29, 1.82) is 0 Å². The van der Waals surface area contributed by atoms with Crippen molar-refractivity contribution in [3.8, 4) is 0 Å². The maximum absolute atomic E-state index is 5.94. The first kappa shape index (κ1) is 12.4. The van der Waals surface area contributed by atoms with Crippen molar-refractivity contribution in [2.75, 3.05) is 5.73 Å². The first-order valence-corrected chi connectivity index (χ1v) is 7.78. The minimum Gasteiger partial charge on any atom is -0.383 e. The molecule has 2 N–H and O–H groups in total. The van der Waals surface area contributed by atoms with Gasteiger partial charge in [-0.05, 0) is 30.5 Å². The number of hydrogen-bond donors (Lipinski definition) is 1. The lowest BCUT2D eigenvalue weighted by Gasteiger charge is -2.03. The van der Waals surface area contributed by atoms with E-state index in [1.54, 1.807) is 23.1 Å². The van der Waals surface area contributed by atoms with Gasteiger partial charge in [-0.15, -0.1) is 23.1 Å². The number of thiophene rings is 1. The standard InChI is InChI=1S/C14H13N3S2/c1-9-2-4-10(5-3-9)19-8-12-16-13(15)11-6-7-18-14(11)17-12/h2-7H,8H2,1H3,(H2,15,16,17). The zero-order chi connectivity index (χ0) is 13.2. The average molecular weight is 287 g/mol. The number of hydrogen-bond acceptors (Lipinski definition) is 5. The fraction of sp³-hybridized carbons (Fsp3) is 0.143. The molecule has 0 unspecified atom stereocenters. The van der Waals surface area contributed by atoms with Crippen LogP contribution in [0, 0.1) is 6.92 Å². The minimum atomic E-state index is 0.575. The zero-order valence-electron chi connectivity index (χ0n) is 10.5. The molecule has 0 bridgehead atoms. The number of aryl methyl sites for hydroxylation is 1. The predicted molar refractivity (Wildman–Crippen MR) is 82.6 cm³/mol. The molecule has 0 saturated carbocycles. The highest BCUT2D eigenvalue weighted by atomic mass is 32.2. The smallest absolute Gasteiger partial charge is 0.142 e. The minimum absolute atomic E-state index is 0.575. The first-order chi connectivity index (χ1) is 9.22. The molecule has 0 aliphatic heterocycles. The van der Waals surface area contributed by atoms with E-state index in [0.29, 0.717) is 5.82 Å². The number of nitrogens with zero attached hydrogens (tertiary/aromatic N) is 2. The molecule has 0 amide bonds. The maximum Gasteiger partial charge on any atom is 0.142 e. The highest BCUT2D eigenvalue weighted by Gasteiger charge is 2.06. The van der Waals surface area contributed by atoms with E-state index in [-0.39, 0.29) is 0 Å². The monoisotopic (exact) mass is 287 g/mol. The van der Waals surface area contributed by atoms with E-state index >= 15 is 0 Å². The Morgan fingerprint density at radius 1 is 1.16 bits per heavy atom. The van der Waals surface area contributed by atoms with Gasteiger partial charge in [0.25, 0.3) is 0 Å². The summed E-state index contributed by atoms with van der Waals surface area (Å²) < 4.78 is 0. The van der Waals surface area contributed by atoms with Crippen LogP contribution in [0.3, 0.4) is 0 Å². The van der Waals surface area contributed by atoms with Gasteiger partial charge < -0.3 is 5.73 Å². The number of aromatic nitrogens is 2. The van der Waals surface area contributed by atoms with Crippen LogP contribution in [0.25, 0.3) is 10.2 Å². The third-order valence-corrected chi connectivity index (χ3v) is 4.60. The van der Waals surface area contributed by atoms with Crippen molar-refractivity contribution in [2.24, 2.45) is 0 Å². The molecule has 1 aromatic carbocycles. The third-order valence-electron chi connectivity index (χ3n) is 2.79. The van der Waals surface area contributed by atoms with E-state index in [1.165, 1.54) is 10.5 Å². The summed E-state index contributed by atoms with van der Waals surface area (Å²) in [6, 6.07) is 10.4. The zero-order valence-corrected chi connectivity index (χ0v) is 12.1. The van der Waals surface area contributed by atoms with Gasteiger partial charge in [-0.3, -0.25) is 0 Å². The van der Waals surface area contributed by atoms with E-state index in [1.807, 2.05) is 11.4 Å². The van der Waals surface area contributed by atoms with Crippen molar-refractivity contribution < 1.29 is 0 Å². The highest BCUT2D eigenvalue weighted by molar-refractivity contribution is 7.98. The van der Waals surface area contributed by atoms with Crippen LogP contribution in [0.5, 0.6) is 0 Å². The lowest BCUT2D eigenvalue weighted by molar-refractivity contribution is 1.08. The van der Waals surface area contributed by atoms with Gasteiger partial charge in [0.15, 0.2) is 0 Å². The molecular formula is C14H13N3S2.